The molecule has 1 aromatic rings. The normalized spacial score (nSPS) is 19.7. The maximum atomic E-state index is 12.7. The Labute approximate surface area is 175 Å². The number of Topliss-reactive ketones (excluding diaryl/α,β-unsaturated/α-hetero) is 1. The van der Waals surface area contributed by atoms with Crippen molar-refractivity contribution in [1.82, 2.24) is 10.6 Å². The number of benzene rings is 1. The summed E-state index contributed by atoms with van der Waals surface area (Å²) in [6, 6.07) is 2.73. The van der Waals surface area contributed by atoms with Crippen molar-refractivity contribution in [3.8, 4) is 5.75 Å². The summed E-state index contributed by atoms with van der Waals surface area (Å²) in [6.45, 7) is 4.51. The van der Waals surface area contributed by atoms with Crippen molar-refractivity contribution in [3.05, 3.63) is 29.3 Å². The number of aryl methyl sites for hydroxylation is 1. The standard InChI is InChI=1S/C21H30N2O7/c1-12(2)7-16(18(26)21(10-25)11-30-21)22-20(28)17(9-24)23-19(27)15-6-5-14(29-4)8-13(15)3/h5-6,8,12,16-17,24-25H,7,9-11H2,1-4H3,(H,22,28)(H,23,27)/t16?,17-,21?/m0/s1. The molecule has 0 spiro atoms. The molecule has 1 saturated heterocycles. The maximum absolute atomic E-state index is 12.7. The largest absolute Gasteiger partial charge is 0.497 e. The minimum Gasteiger partial charge on any atom is -0.497 e. The fraction of sp³-hybridized carbons (Fsp3) is 0.571. The zero-order valence-corrected chi connectivity index (χ0v) is 17.7. The van der Waals surface area contributed by atoms with E-state index >= 15 is 0 Å². The third kappa shape index (κ3) is 5.56. The summed E-state index contributed by atoms with van der Waals surface area (Å²) in [6.07, 6.45) is 0.333. The Bertz CT molecular complexity index is 790. The molecule has 0 bridgehead atoms. The van der Waals surface area contributed by atoms with Crippen molar-refractivity contribution in [3.63, 3.8) is 0 Å². The molecule has 1 aliphatic heterocycles. The van der Waals surface area contributed by atoms with E-state index in [1.807, 2.05) is 13.8 Å². The van der Waals surface area contributed by atoms with Gasteiger partial charge < -0.3 is 30.3 Å². The number of aliphatic hydroxyl groups is 2. The van der Waals surface area contributed by atoms with E-state index < -0.39 is 48.5 Å². The molecule has 3 atom stereocenters. The van der Waals surface area contributed by atoms with Crippen LogP contribution in [0.25, 0.3) is 0 Å². The summed E-state index contributed by atoms with van der Waals surface area (Å²) < 4.78 is 10.2. The maximum Gasteiger partial charge on any atom is 0.252 e. The number of amides is 2. The molecule has 1 heterocycles. The molecule has 0 aliphatic carbocycles. The van der Waals surface area contributed by atoms with E-state index in [1.165, 1.54) is 7.11 Å². The zero-order chi connectivity index (χ0) is 22.5. The summed E-state index contributed by atoms with van der Waals surface area (Å²) in [5.74, 6) is -0.965. The third-order valence-electron chi connectivity index (χ3n) is 5.02. The van der Waals surface area contributed by atoms with Crippen molar-refractivity contribution in [2.45, 2.75) is 44.9 Å². The van der Waals surface area contributed by atoms with Gasteiger partial charge in [0.25, 0.3) is 5.91 Å². The molecule has 1 aromatic carbocycles. The fourth-order valence-corrected chi connectivity index (χ4v) is 3.14. The molecular formula is C21H30N2O7. The number of rotatable bonds is 11. The first-order valence-electron chi connectivity index (χ1n) is 9.83. The van der Waals surface area contributed by atoms with Crippen LogP contribution in [0.4, 0.5) is 0 Å². The first kappa shape index (κ1) is 23.8. The number of ketones is 1. The quantitative estimate of drug-likeness (QED) is 0.367. The molecule has 0 saturated carbocycles. The number of carbonyl (C=O) groups is 3. The summed E-state index contributed by atoms with van der Waals surface area (Å²) in [5, 5.41) is 24.2. The zero-order valence-electron chi connectivity index (χ0n) is 17.7. The van der Waals surface area contributed by atoms with Crippen LogP contribution in [0.5, 0.6) is 5.75 Å². The Morgan fingerprint density at radius 1 is 1.20 bits per heavy atom. The number of aliphatic hydroxyl groups excluding tert-OH is 2. The van der Waals surface area contributed by atoms with Gasteiger partial charge in [-0.25, -0.2) is 0 Å². The van der Waals surface area contributed by atoms with Gasteiger partial charge in [-0.2, -0.15) is 0 Å². The van der Waals surface area contributed by atoms with Crippen LogP contribution in [0, 0.1) is 12.8 Å². The molecule has 1 aliphatic rings. The Hall–Kier alpha value is -2.49. The number of epoxide rings is 1. The number of methoxy groups -OCH3 is 1. The average Bonchev–Trinajstić information content (AvgIpc) is 3.51. The van der Waals surface area contributed by atoms with Crippen molar-refractivity contribution in [2.75, 3.05) is 26.9 Å². The molecule has 30 heavy (non-hydrogen) atoms. The van der Waals surface area contributed by atoms with Gasteiger partial charge in [0.15, 0.2) is 11.4 Å². The Morgan fingerprint density at radius 3 is 2.33 bits per heavy atom. The summed E-state index contributed by atoms with van der Waals surface area (Å²) in [4.78, 5) is 38.0. The third-order valence-corrected chi connectivity index (χ3v) is 5.02. The number of hydrogen-bond donors (Lipinski definition) is 4. The van der Waals surface area contributed by atoms with Crippen LogP contribution in [0.1, 0.15) is 36.2 Å². The molecule has 4 N–H and O–H groups in total. The van der Waals surface area contributed by atoms with Gasteiger partial charge in [-0.1, -0.05) is 13.8 Å². The smallest absolute Gasteiger partial charge is 0.252 e. The molecule has 166 valence electrons. The van der Waals surface area contributed by atoms with Gasteiger partial charge in [-0.3, -0.25) is 14.4 Å². The minimum atomic E-state index is -1.27. The molecule has 2 rings (SSSR count). The minimum absolute atomic E-state index is 0.0814. The van der Waals surface area contributed by atoms with Gasteiger partial charge in [0.05, 0.1) is 33.0 Å². The van der Waals surface area contributed by atoms with Gasteiger partial charge in [0, 0.05) is 5.56 Å². The van der Waals surface area contributed by atoms with E-state index in [2.05, 4.69) is 10.6 Å². The highest BCUT2D eigenvalue weighted by atomic mass is 16.6. The lowest BCUT2D eigenvalue weighted by atomic mass is 9.92. The Morgan fingerprint density at radius 2 is 1.87 bits per heavy atom. The van der Waals surface area contributed by atoms with Crippen LogP contribution < -0.4 is 15.4 Å². The highest BCUT2D eigenvalue weighted by molar-refractivity contribution is 6.01. The van der Waals surface area contributed by atoms with Crippen LogP contribution in [0.2, 0.25) is 0 Å². The van der Waals surface area contributed by atoms with Crippen LogP contribution in [0.15, 0.2) is 18.2 Å². The second kappa shape index (κ2) is 10.0. The molecule has 9 nitrogen and oxygen atoms in total. The number of nitrogens with one attached hydrogen (secondary N) is 2. The lowest BCUT2D eigenvalue weighted by Crippen LogP contribution is -2.55. The summed E-state index contributed by atoms with van der Waals surface area (Å²) in [7, 11) is 1.52. The van der Waals surface area contributed by atoms with E-state index in [0.717, 1.165) is 0 Å². The fourth-order valence-electron chi connectivity index (χ4n) is 3.14. The van der Waals surface area contributed by atoms with Crippen molar-refractivity contribution in [2.24, 2.45) is 5.92 Å². The first-order valence-corrected chi connectivity index (χ1v) is 9.83. The Balaban J connectivity index is 2.09. The van der Waals surface area contributed by atoms with Crippen molar-refractivity contribution in [1.29, 1.82) is 0 Å². The molecule has 9 heteroatoms. The molecular weight excluding hydrogens is 392 g/mol. The van der Waals surface area contributed by atoms with Crippen LogP contribution in [-0.2, 0) is 14.3 Å². The second-order valence-electron chi connectivity index (χ2n) is 7.89. The van der Waals surface area contributed by atoms with E-state index in [9.17, 15) is 24.6 Å². The van der Waals surface area contributed by atoms with Gasteiger partial charge >= 0.3 is 0 Å². The highest BCUT2D eigenvalue weighted by Gasteiger charge is 2.54. The van der Waals surface area contributed by atoms with Crippen LogP contribution >= 0.6 is 0 Å². The first-order chi connectivity index (χ1) is 14.2. The van der Waals surface area contributed by atoms with Crippen molar-refractivity contribution >= 4 is 17.6 Å². The van der Waals surface area contributed by atoms with Crippen molar-refractivity contribution < 1.29 is 34.1 Å². The average molecular weight is 422 g/mol. The van der Waals surface area contributed by atoms with E-state index in [0.29, 0.717) is 23.3 Å². The van der Waals surface area contributed by atoms with Gasteiger partial charge in [0.2, 0.25) is 5.91 Å². The SMILES string of the molecule is COc1ccc(C(=O)N[C@@H](CO)C(=O)NC(CC(C)C)C(=O)C2(CO)CO2)c(C)c1. The number of ether oxygens (including phenoxy) is 2. The lowest BCUT2D eigenvalue weighted by molar-refractivity contribution is -0.133. The van der Waals surface area contributed by atoms with Gasteiger partial charge in [0.1, 0.15) is 11.8 Å². The second-order valence-corrected chi connectivity index (χ2v) is 7.89. The topological polar surface area (TPSA) is 137 Å². The monoisotopic (exact) mass is 422 g/mol. The van der Waals surface area contributed by atoms with Crippen LogP contribution in [0.3, 0.4) is 0 Å². The van der Waals surface area contributed by atoms with E-state index in [4.69, 9.17) is 9.47 Å². The van der Waals surface area contributed by atoms with Crippen LogP contribution in [-0.4, -0.2) is 72.4 Å². The number of hydrogen-bond acceptors (Lipinski definition) is 7. The molecule has 0 radical (unpaired) electrons. The molecule has 2 amide bonds. The summed E-state index contributed by atoms with van der Waals surface area (Å²) >= 11 is 0. The lowest BCUT2D eigenvalue weighted by Gasteiger charge is -2.24. The summed E-state index contributed by atoms with van der Waals surface area (Å²) in [5.41, 5.74) is -0.291. The highest BCUT2D eigenvalue weighted by Crippen LogP contribution is 2.30. The van der Waals surface area contributed by atoms with Gasteiger partial charge in [-0.05, 0) is 43.0 Å². The van der Waals surface area contributed by atoms with Gasteiger partial charge in [-0.15, -0.1) is 0 Å². The Kier molecular flexibility index (Phi) is 7.94. The number of carbonyl (C=O) groups excluding carboxylic acids is 3. The predicted octanol–water partition coefficient (Wildman–Crippen LogP) is -0.0444. The van der Waals surface area contributed by atoms with E-state index in [-0.39, 0.29) is 12.5 Å². The van der Waals surface area contributed by atoms with E-state index in [1.54, 1.807) is 25.1 Å². The predicted molar refractivity (Wildman–Crippen MR) is 108 cm³/mol. The molecule has 0 aromatic heterocycles. The molecule has 2 unspecified atom stereocenters. The molecule has 1 fully saturated rings.